The predicted octanol–water partition coefficient (Wildman–Crippen LogP) is 2.30. The molecule has 50 heavy (non-hydrogen) atoms. The molecular formula is C40H20B6N4. The standard InChI is InChI=1S/C40H20B6N4/c41-31-24-19-25-29(34(44)36(46)37(32(25)42)50-26-17-9-7-15-22(26)23-16-8-10-18-27(23)50)28(24)33(43)35(45)30(31)40-48-38(20-11-3-1-4-12-20)47-39(49-40)21-13-5-2-6-14-21/h1-18H,19H2. The minimum absolute atomic E-state index is 0.237. The van der Waals surface area contributed by atoms with Crippen molar-refractivity contribution in [2.45, 2.75) is 6.42 Å². The molecule has 0 N–H and O–H groups in total. The Morgan fingerprint density at radius 3 is 1.36 bits per heavy atom. The van der Waals surface area contributed by atoms with Crippen LogP contribution >= 0.6 is 0 Å². The number of nitrogens with zero attached hydrogens (tertiary/aromatic N) is 4. The van der Waals surface area contributed by atoms with E-state index in [1.165, 1.54) is 0 Å². The van der Waals surface area contributed by atoms with Gasteiger partial charge in [0.15, 0.2) is 17.5 Å². The van der Waals surface area contributed by atoms with Crippen molar-refractivity contribution >= 4 is 102 Å². The number of fused-ring (bicyclic) bond motifs is 6. The van der Waals surface area contributed by atoms with Crippen LogP contribution in [0.5, 0.6) is 0 Å². The van der Waals surface area contributed by atoms with Crippen molar-refractivity contribution in [3.05, 3.63) is 120 Å². The highest BCUT2D eigenvalue weighted by molar-refractivity contribution is 6.60. The molecule has 0 saturated heterocycles. The van der Waals surface area contributed by atoms with Crippen LogP contribution in [0.3, 0.4) is 0 Å². The van der Waals surface area contributed by atoms with Crippen LogP contribution in [0.1, 0.15) is 11.1 Å². The maximum atomic E-state index is 7.11. The first-order chi connectivity index (χ1) is 24.3. The first-order valence-corrected chi connectivity index (χ1v) is 16.2. The van der Waals surface area contributed by atoms with Gasteiger partial charge in [0.1, 0.15) is 47.1 Å². The lowest BCUT2D eigenvalue weighted by molar-refractivity contribution is 1.08. The van der Waals surface area contributed by atoms with Crippen LogP contribution < -0.4 is 32.8 Å². The summed E-state index contributed by atoms with van der Waals surface area (Å²) in [5.74, 6) is 1.27. The van der Waals surface area contributed by atoms with E-state index in [4.69, 9.17) is 62.0 Å². The zero-order chi connectivity index (χ0) is 34.3. The van der Waals surface area contributed by atoms with Crippen molar-refractivity contribution in [2.75, 3.05) is 0 Å². The molecule has 2 heterocycles. The topological polar surface area (TPSA) is 43.6 Å². The summed E-state index contributed by atoms with van der Waals surface area (Å²) >= 11 is 0. The highest BCUT2D eigenvalue weighted by atomic mass is 15.0. The molecule has 0 fully saturated rings. The molecule has 1 aliphatic rings. The largest absolute Gasteiger partial charge is 0.310 e. The number of hydrogen-bond donors (Lipinski definition) is 0. The predicted molar refractivity (Wildman–Crippen MR) is 211 cm³/mol. The lowest BCUT2D eigenvalue weighted by Crippen LogP contribution is -2.40. The summed E-state index contributed by atoms with van der Waals surface area (Å²) in [6.45, 7) is 0. The van der Waals surface area contributed by atoms with Crippen molar-refractivity contribution in [3.8, 4) is 51.0 Å². The molecule has 0 saturated carbocycles. The third kappa shape index (κ3) is 4.44. The van der Waals surface area contributed by atoms with E-state index in [2.05, 4.69) is 28.8 Å². The fourth-order valence-electron chi connectivity index (χ4n) is 7.39. The number of benzene rings is 6. The van der Waals surface area contributed by atoms with E-state index < -0.39 is 0 Å². The summed E-state index contributed by atoms with van der Waals surface area (Å²) in [7, 11) is 41.8. The Labute approximate surface area is 297 Å². The Morgan fingerprint density at radius 1 is 0.400 bits per heavy atom. The van der Waals surface area contributed by atoms with E-state index in [9.17, 15) is 0 Å². The fourth-order valence-corrected chi connectivity index (χ4v) is 7.39. The molecule has 0 amide bonds. The second-order valence-corrected chi connectivity index (χ2v) is 12.5. The maximum Gasteiger partial charge on any atom is 0.164 e. The molecule has 10 heteroatoms. The van der Waals surface area contributed by atoms with Gasteiger partial charge in [0, 0.05) is 33.2 Å². The van der Waals surface area contributed by atoms with Gasteiger partial charge in [-0.2, -0.15) is 0 Å². The Morgan fingerprint density at radius 2 is 0.820 bits per heavy atom. The summed E-state index contributed by atoms with van der Waals surface area (Å²) in [4.78, 5) is 14.6. The van der Waals surface area contributed by atoms with Crippen LogP contribution in [0.2, 0.25) is 0 Å². The third-order valence-corrected chi connectivity index (χ3v) is 9.75. The molecule has 2 aromatic heterocycles. The van der Waals surface area contributed by atoms with Crippen LogP contribution in [0.4, 0.5) is 0 Å². The van der Waals surface area contributed by atoms with Gasteiger partial charge in [-0.3, -0.25) is 0 Å². The van der Waals surface area contributed by atoms with E-state index in [-0.39, 0.29) is 5.46 Å². The van der Waals surface area contributed by atoms with Gasteiger partial charge in [-0.25, -0.2) is 15.0 Å². The monoisotopic (exact) mass is 622 g/mol. The molecule has 0 unspecified atom stereocenters. The quantitative estimate of drug-likeness (QED) is 0.284. The van der Waals surface area contributed by atoms with Crippen molar-refractivity contribution in [1.82, 2.24) is 19.5 Å². The molecule has 218 valence electrons. The Bertz CT molecular complexity index is 2580. The van der Waals surface area contributed by atoms with E-state index >= 15 is 0 Å². The normalized spacial score (nSPS) is 12.0. The average molecular weight is 622 g/mol. The smallest absolute Gasteiger partial charge is 0.164 e. The van der Waals surface area contributed by atoms with Crippen LogP contribution in [-0.4, -0.2) is 66.6 Å². The number of rotatable bonds is 4. The second kappa shape index (κ2) is 11.6. The van der Waals surface area contributed by atoms with Gasteiger partial charge in [0.05, 0.1) is 11.0 Å². The summed E-state index contributed by atoms with van der Waals surface area (Å²) < 4.78 is 2.09. The van der Waals surface area contributed by atoms with E-state index in [0.717, 1.165) is 44.1 Å². The molecular weight excluding hydrogens is 601 g/mol. The molecule has 6 aromatic carbocycles. The SMILES string of the molecule is [B]c1c([B])c2c(c([B])c1-c1nc(-c3ccccc3)nc(-c3ccccc3)n1)Cc1c([B])c(-n3c4ccccc4c4ccccc43)c([B])c([B])c1-2. The van der Waals surface area contributed by atoms with Crippen LogP contribution in [-0.2, 0) is 6.42 Å². The van der Waals surface area contributed by atoms with Gasteiger partial charge < -0.3 is 4.57 Å². The van der Waals surface area contributed by atoms with Crippen molar-refractivity contribution < 1.29 is 0 Å². The maximum absolute atomic E-state index is 7.11. The Hall–Kier alpha value is -5.48. The molecule has 12 radical (unpaired) electrons. The van der Waals surface area contributed by atoms with Gasteiger partial charge in [-0.05, 0) is 40.8 Å². The number of para-hydroxylation sites is 2. The lowest BCUT2D eigenvalue weighted by atomic mass is 9.65. The summed E-state index contributed by atoms with van der Waals surface area (Å²) in [6, 6.07) is 35.7. The first kappa shape index (κ1) is 30.6. The van der Waals surface area contributed by atoms with Crippen LogP contribution in [0.25, 0.3) is 72.8 Å². The zero-order valence-electron chi connectivity index (χ0n) is 26.9. The molecule has 0 atom stereocenters. The molecule has 0 aliphatic heterocycles. The summed E-state index contributed by atoms with van der Waals surface area (Å²) in [6.07, 6.45) is 0.358. The highest BCUT2D eigenvalue weighted by Gasteiger charge is 2.31. The van der Waals surface area contributed by atoms with Gasteiger partial charge in [0.2, 0.25) is 0 Å². The highest BCUT2D eigenvalue weighted by Crippen LogP contribution is 2.36. The van der Waals surface area contributed by atoms with Gasteiger partial charge in [-0.1, -0.05) is 130 Å². The molecule has 8 aromatic rings. The summed E-state index contributed by atoms with van der Waals surface area (Å²) in [5.41, 5.74) is 9.55. The number of aromatic nitrogens is 4. The Kier molecular flexibility index (Phi) is 7.06. The van der Waals surface area contributed by atoms with Crippen molar-refractivity contribution in [1.29, 1.82) is 0 Å². The first-order valence-electron chi connectivity index (χ1n) is 16.2. The van der Waals surface area contributed by atoms with Gasteiger partial charge in [0.25, 0.3) is 0 Å². The molecule has 4 nitrogen and oxygen atoms in total. The average Bonchev–Trinajstić information content (AvgIpc) is 3.72. The molecule has 0 bridgehead atoms. The van der Waals surface area contributed by atoms with Crippen LogP contribution in [0.15, 0.2) is 109 Å². The van der Waals surface area contributed by atoms with Gasteiger partial charge in [-0.15, -0.1) is 0 Å². The van der Waals surface area contributed by atoms with E-state index in [1.807, 2.05) is 84.9 Å². The van der Waals surface area contributed by atoms with Gasteiger partial charge >= 0.3 is 0 Å². The van der Waals surface area contributed by atoms with E-state index in [1.54, 1.807) is 0 Å². The fraction of sp³-hybridized carbons (Fsp3) is 0.0250. The lowest BCUT2D eigenvalue weighted by Gasteiger charge is -2.24. The zero-order valence-corrected chi connectivity index (χ0v) is 26.9. The number of hydrogen-bond acceptors (Lipinski definition) is 3. The van der Waals surface area contributed by atoms with Crippen molar-refractivity contribution in [2.24, 2.45) is 0 Å². The van der Waals surface area contributed by atoms with E-state index in [0.29, 0.717) is 73.6 Å². The molecule has 9 rings (SSSR count). The molecule has 0 spiro atoms. The summed E-state index contributed by atoms with van der Waals surface area (Å²) in [5, 5.41) is 2.16. The van der Waals surface area contributed by atoms with Crippen LogP contribution in [0, 0.1) is 0 Å². The third-order valence-electron chi connectivity index (χ3n) is 9.75. The van der Waals surface area contributed by atoms with Crippen molar-refractivity contribution in [3.63, 3.8) is 0 Å². The Balaban J connectivity index is 1.27. The minimum atomic E-state index is 0.237. The minimum Gasteiger partial charge on any atom is -0.310 e. The molecule has 1 aliphatic carbocycles. The second-order valence-electron chi connectivity index (χ2n) is 12.5.